The summed E-state index contributed by atoms with van der Waals surface area (Å²) in [5.74, 6) is -4.05. The van der Waals surface area contributed by atoms with Gasteiger partial charge in [0, 0.05) is 13.8 Å². The van der Waals surface area contributed by atoms with Crippen LogP contribution in [-0.2, 0) is 19.1 Å². The normalized spacial score (nSPS) is 17.3. The van der Waals surface area contributed by atoms with Crippen LogP contribution in [-0.4, -0.2) is 79.4 Å². The number of hydrogen-bond donors (Lipinski definition) is 5. The van der Waals surface area contributed by atoms with E-state index in [0.29, 0.717) is 0 Å². The Labute approximate surface area is 242 Å². The molecule has 2 aromatic carbocycles. The number of hydroxylamine groups is 1. The minimum Gasteiger partial charge on any atom is -0.442 e. The first kappa shape index (κ1) is 32.2. The molecule has 2 saturated heterocycles. The number of nitrogens with zero attached hydrogens (tertiary/aromatic N) is 2. The summed E-state index contributed by atoms with van der Waals surface area (Å²) in [6, 6.07) is 7.15. The van der Waals surface area contributed by atoms with E-state index in [1.165, 1.54) is 47.3 Å². The molecule has 43 heavy (non-hydrogen) atoms. The van der Waals surface area contributed by atoms with E-state index in [1.807, 2.05) is 0 Å². The van der Waals surface area contributed by atoms with Gasteiger partial charge in [0.05, 0.1) is 48.7 Å². The summed E-state index contributed by atoms with van der Waals surface area (Å²) >= 11 is 0. The number of primary amides is 1. The minimum absolute atomic E-state index is 0.143. The van der Waals surface area contributed by atoms with E-state index >= 15 is 0 Å². The highest BCUT2D eigenvalue weighted by Gasteiger charge is 2.34. The first-order chi connectivity index (χ1) is 20.3. The molecule has 0 bridgehead atoms. The van der Waals surface area contributed by atoms with Gasteiger partial charge in [-0.2, -0.15) is 0 Å². The quantitative estimate of drug-likeness (QED) is 0.212. The molecule has 2 aromatic rings. The van der Waals surface area contributed by atoms with Crippen molar-refractivity contribution in [3.63, 3.8) is 0 Å². The second kappa shape index (κ2) is 14.0. The molecular formula is C26H28F2N6O9. The van der Waals surface area contributed by atoms with E-state index in [4.69, 9.17) is 20.4 Å². The van der Waals surface area contributed by atoms with Crippen LogP contribution in [0.15, 0.2) is 36.4 Å². The zero-order chi connectivity index (χ0) is 31.8. The van der Waals surface area contributed by atoms with Crippen LogP contribution in [0.1, 0.15) is 34.6 Å². The fraction of sp³-hybridized carbons (Fsp3) is 0.308. The van der Waals surface area contributed by atoms with Crippen molar-refractivity contribution in [1.82, 2.24) is 16.1 Å². The molecule has 2 heterocycles. The van der Waals surface area contributed by atoms with E-state index in [2.05, 4.69) is 10.6 Å². The maximum Gasteiger partial charge on any atom is 0.414 e. The lowest BCUT2D eigenvalue weighted by atomic mass is 10.1. The van der Waals surface area contributed by atoms with Gasteiger partial charge in [-0.1, -0.05) is 0 Å². The summed E-state index contributed by atoms with van der Waals surface area (Å²) in [7, 11) is 0. The number of ether oxygens (including phenoxy) is 2. The van der Waals surface area contributed by atoms with E-state index < -0.39 is 47.8 Å². The van der Waals surface area contributed by atoms with Crippen LogP contribution < -0.4 is 31.6 Å². The number of amides is 6. The van der Waals surface area contributed by atoms with Gasteiger partial charge in [0.2, 0.25) is 11.8 Å². The highest BCUT2D eigenvalue weighted by atomic mass is 19.1. The van der Waals surface area contributed by atoms with Crippen LogP contribution in [0, 0.1) is 11.6 Å². The summed E-state index contributed by atoms with van der Waals surface area (Å²) in [5, 5.41) is 13.6. The number of halogens is 2. The van der Waals surface area contributed by atoms with Crippen LogP contribution in [0.5, 0.6) is 0 Å². The van der Waals surface area contributed by atoms with Crippen molar-refractivity contribution in [1.29, 1.82) is 0 Å². The number of rotatable bonds is 8. The van der Waals surface area contributed by atoms with Gasteiger partial charge >= 0.3 is 12.2 Å². The summed E-state index contributed by atoms with van der Waals surface area (Å²) in [6.45, 7) is 3.35. The second-order valence-corrected chi connectivity index (χ2v) is 9.24. The maximum atomic E-state index is 13.8. The second-order valence-electron chi connectivity index (χ2n) is 9.24. The topological polar surface area (TPSA) is 210 Å². The number of benzene rings is 2. The lowest BCUT2D eigenvalue weighted by Crippen LogP contribution is -2.33. The molecular weight excluding hydrogens is 578 g/mol. The number of hydrogen-bond acceptors (Lipinski definition) is 9. The van der Waals surface area contributed by atoms with Crippen molar-refractivity contribution in [3.8, 4) is 0 Å². The molecule has 2 aliphatic heterocycles. The molecule has 2 fully saturated rings. The number of anilines is 2. The zero-order valence-electron chi connectivity index (χ0n) is 22.9. The highest BCUT2D eigenvalue weighted by Crippen LogP contribution is 2.25. The highest BCUT2D eigenvalue weighted by molar-refractivity contribution is 5.96. The van der Waals surface area contributed by atoms with Crippen molar-refractivity contribution >= 4 is 47.2 Å². The molecule has 0 aromatic heterocycles. The monoisotopic (exact) mass is 606 g/mol. The fourth-order valence-corrected chi connectivity index (χ4v) is 3.98. The Hall–Kier alpha value is -5.32. The average Bonchev–Trinajstić information content (AvgIpc) is 3.51. The first-order valence-corrected chi connectivity index (χ1v) is 12.6. The van der Waals surface area contributed by atoms with Gasteiger partial charge in [0.25, 0.3) is 11.8 Å². The third kappa shape index (κ3) is 8.35. The average molecular weight is 607 g/mol. The Morgan fingerprint density at radius 2 is 1.26 bits per heavy atom. The summed E-state index contributed by atoms with van der Waals surface area (Å²) < 4.78 is 37.6. The van der Waals surface area contributed by atoms with Crippen LogP contribution in [0.25, 0.3) is 0 Å². The van der Waals surface area contributed by atoms with Gasteiger partial charge in [-0.15, -0.1) is 0 Å². The van der Waals surface area contributed by atoms with Gasteiger partial charge in [0.15, 0.2) is 0 Å². The largest absolute Gasteiger partial charge is 0.442 e. The smallest absolute Gasteiger partial charge is 0.414 e. The van der Waals surface area contributed by atoms with E-state index in [1.54, 1.807) is 0 Å². The molecule has 0 unspecified atom stereocenters. The lowest BCUT2D eigenvalue weighted by molar-refractivity contribution is -0.120. The minimum atomic E-state index is -0.989. The molecule has 0 saturated carbocycles. The van der Waals surface area contributed by atoms with E-state index in [-0.39, 0.29) is 60.5 Å². The van der Waals surface area contributed by atoms with Crippen LogP contribution in [0.2, 0.25) is 0 Å². The Morgan fingerprint density at radius 3 is 1.60 bits per heavy atom. The Morgan fingerprint density at radius 1 is 0.837 bits per heavy atom. The van der Waals surface area contributed by atoms with Crippen LogP contribution >= 0.6 is 0 Å². The predicted molar refractivity (Wildman–Crippen MR) is 143 cm³/mol. The van der Waals surface area contributed by atoms with Crippen molar-refractivity contribution < 1.29 is 52.2 Å². The van der Waals surface area contributed by atoms with Crippen molar-refractivity contribution in [3.05, 3.63) is 59.2 Å². The number of nitrogens with one attached hydrogen (secondary N) is 3. The molecule has 17 heteroatoms. The van der Waals surface area contributed by atoms with Gasteiger partial charge < -0.3 is 25.8 Å². The Bertz CT molecular complexity index is 1440. The van der Waals surface area contributed by atoms with Gasteiger partial charge in [-0.05, 0) is 36.4 Å². The summed E-state index contributed by atoms with van der Waals surface area (Å²) in [6.07, 6.45) is -2.37. The molecule has 2 atom stereocenters. The molecule has 0 radical (unpaired) electrons. The zero-order valence-corrected chi connectivity index (χ0v) is 22.9. The molecule has 0 aliphatic carbocycles. The maximum absolute atomic E-state index is 13.8. The lowest BCUT2D eigenvalue weighted by Gasteiger charge is -2.14. The summed E-state index contributed by atoms with van der Waals surface area (Å²) in [5.41, 5.74) is 6.21. The fourth-order valence-electron chi connectivity index (χ4n) is 3.98. The molecule has 2 aliphatic rings. The Balaban J connectivity index is 0.000000236. The van der Waals surface area contributed by atoms with Crippen LogP contribution in [0.4, 0.5) is 29.7 Å². The molecule has 4 rings (SSSR count). The molecule has 6 N–H and O–H groups in total. The number of carbonyl (C=O) groups excluding carboxylic acids is 6. The van der Waals surface area contributed by atoms with Crippen molar-refractivity contribution in [2.75, 3.05) is 36.0 Å². The standard InChI is InChI=1S/C13H14FN3O5.C13H14FN3O4/c1-7(18)15-5-9-6-17(13(20)22-9)8-2-3-10(11(14)4-8)12(19)16-21;1-7(18)16-5-9-6-17(13(20)21-9)8-2-3-10(12(15)19)11(14)4-8/h2-4,9,21H,5-6H2,1H3,(H,15,18)(H,16,19);2-4,9H,5-6H2,1H3,(H2,15,19)(H,16,18)/t2*9-/m00/s1. The number of carbonyl (C=O) groups is 6. The van der Waals surface area contributed by atoms with Crippen molar-refractivity contribution in [2.45, 2.75) is 26.1 Å². The molecule has 6 amide bonds. The third-order valence-electron chi connectivity index (χ3n) is 6.05. The van der Waals surface area contributed by atoms with E-state index in [0.717, 1.165) is 18.2 Å². The third-order valence-corrected chi connectivity index (χ3v) is 6.05. The van der Waals surface area contributed by atoms with Gasteiger partial charge in [-0.25, -0.2) is 23.9 Å². The number of cyclic esters (lactones) is 2. The first-order valence-electron chi connectivity index (χ1n) is 12.6. The SMILES string of the molecule is CC(=O)NC[C@H]1CN(c2ccc(C(=O)NO)c(F)c2)C(=O)O1.CC(=O)NC[C@H]1CN(c2ccc(C(N)=O)c(F)c2)C(=O)O1. The van der Waals surface area contributed by atoms with Crippen molar-refractivity contribution in [2.24, 2.45) is 5.73 Å². The molecule has 0 spiro atoms. The number of nitrogens with two attached hydrogens (primary N) is 1. The Kier molecular flexibility index (Phi) is 10.5. The molecule has 230 valence electrons. The van der Waals surface area contributed by atoms with Crippen LogP contribution in [0.3, 0.4) is 0 Å². The summed E-state index contributed by atoms with van der Waals surface area (Å²) in [4.78, 5) is 69.7. The van der Waals surface area contributed by atoms with E-state index in [9.17, 15) is 37.5 Å². The molecule has 15 nitrogen and oxygen atoms in total. The van der Waals surface area contributed by atoms with Gasteiger partial charge in [-0.3, -0.25) is 34.2 Å². The predicted octanol–water partition coefficient (Wildman–Crippen LogP) is 0.792. The van der Waals surface area contributed by atoms with Gasteiger partial charge in [0.1, 0.15) is 23.8 Å².